The van der Waals surface area contributed by atoms with Crippen molar-refractivity contribution < 1.29 is 14.3 Å². The van der Waals surface area contributed by atoms with Crippen molar-refractivity contribution in [1.82, 2.24) is 14.5 Å². The number of carbonyl (C=O) groups excluding carboxylic acids is 2. The van der Waals surface area contributed by atoms with E-state index in [0.29, 0.717) is 30.0 Å². The number of methoxy groups -OCH3 is 1. The molecule has 0 radical (unpaired) electrons. The highest BCUT2D eigenvalue weighted by atomic mass is 32.1. The summed E-state index contributed by atoms with van der Waals surface area (Å²) < 4.78 is 8.24. The molecular weight excluding hydrogens is 242 g/mol. The molecule has 1 aromatic rings. The second-order valence-corrected chi connectivity index (χ2v) is 4.35. The Bertz CT molecular complexity index is 405. The molecule has 94 valence electrons. The van der Waals surface area contributed by atoms with Crippen molar-refractivity contribution in [3.63, 3.8) is 0 Å². The van der Waals surface area contributed by atoms with Gasteiger partial charge in [-0.3, -0.25) is 9.59 Å². The minimum absolute atomic E-state index is 0.109. The molecular formula is C10H15N3O3S. The highest BCUT2D eigenvalue weighted by Gasteiger charge is 2.17. The molecule has 1 aromatic heterocycles. The van der Waals surface area contributed by atoms with Gasteiger partial charge in [-0.15, -0.1) is 5.10 Å². The fraction of sp³-hybridized carbons (Fsp3) is 0.600. The van der Waals surface area contributed by atoms with Gasteiger partial charge < -0.3 is 9.64 Å². The minimum Gasteiger partial charge on any atom is -0.469 e. The maximum absolute atomic E-state index is 11.9. The zero-order valence-electron chi connectivity index (χ0n) is 10.1. The van der Waals surface area contributed by atoms with Gasteiger partial charge in [0.25, 0.3) is 5.91 Å². The lowest BCUT2D eigenvalue weighted by Crippen LogP contribution is -2.28. The molecule has 0 atom stereocenters. The smallest absolute Gasteiger partial charge is 0.305 e. The average molecular weight is 257 g/mol. The van der Waals surface area contributed by atoms with Gasteiger partial charge in [0, 0.05) is 20.0 Å². The van der Waals surface area contributed by atoms with Gasteiger partial charge in [-0.05, 0) is 24.9 Å². The minimum atomic E-state index is -0.263. The molecule has 0 aliphatic carbocycles. The fourth-order valence-corrected chi connectivity index (χ4v) is 1.92. The van der Waals surface area contributed by atoms with Gasteiger partial charge in [0.15, 0.2) is 0 Å². The number of carbonyl (C=O) groups is 2. The van der Waals surface area contributed by atoms with Gasteiger partial charge >= 0.3 is 5.97 Å². The molecule has 0 aromatic carbocycles. The molecule has 0 spiro atoms. The van der Waals surface area contributed by atoms with Gasteiger partial charge in [-0.2, -0.15) is 0 Å². The SMILES string of the molecule is COC(=O)CCCN(C)C(=O)c1snnc1C. The van der Waals surface area contributed by atoms with Crippen LogP contribution < -0.4 is 0 Å². The molecule has 1 rings (SSSR count). The maximum Gasteiger partial charge on any atom is 0.305 e. The quantitative estimate of drug-likeness (QED) is 0.732. The van der Waals surface area contributed by atoms with Gasteiger partial charge in [-0.1, -0.05) is 4.49 Å². The molecule has 0 unspecified atom stereocenters. The van der Waals surface area contributed by atoms with Crippen LogP contribution in [0.5, 0.6) is 0 Å². The zero-order chi connectivity index (χ0) is 12.8. The number of nitrogens with zero attached hydrogens (tertiary/aromatic N) is 3. The molecule has 0 aliphatic heterocycles. The number of ether oxygens (including phenoxy) is 1. The first kappa shape index (κ1) is 13.6. The second kappa shape index (κ2) is 6.29. The van der Waals surface area contributed by atoms with Gasteiger partial charge in [0.1, 0.15) is 4.88 Å². The Kier molecular flexibility index (Phi) is 5.02. The van der Waals surface area contributed by atoms with Crippen LogP contribution in [0.15, 0.2) is 0 Å². The average Bonchev–Trinajstić information content (AvgIpc) is 2.74. The number of esters is 1. The Labute approximate surface area is 104 Å². The number of hydrogen-bond acceptors (Lipinski definition) is 6. The molecule has 7 heteroatoms. The summed E-state index contributed by atoms with van der Waals surface area (Å²) in [6.45, 7) is 2.25. The van der Waals surface area contributed by atoms with Crippen LogP contribution in [0.1, 0.15) is 28.2 Å². The number of aryl methyl sites for hydroxylation is 1. The van der Waals surface area contributed by atoms with E-state index in [1.54, 1.807) is 18.9 Å². The Morgan fingerprint density at radius 3 is 2.71 bits per heavy atom. The predicted octanol–water partition coefficient (Wildman–Crippen LogP) is 0.872. The Morgan fingerprint density at radius 2 is 2.18 bits per heavy atom. The zero-order valence-corrected chi connectivity index (χ0v) is 10.9. The normalized spacial score (nSPS) is 10.1. The first-order chi connectivity index (χ1) is 8.06. The van der Waals surface area contributed by atoms with Crippen molar-refractivity contribution >= 4 is 23.4 Å². The van der Waals surface area contributed by atoms with E-state index in [2.05, 4.69) is 14.3 Å². The number of rotatable bonds is 5. The van der Waals surface area contributed by atoms with Gasteiger partial charge in [0.2, 0.25) is 0 Å². The molecule has 6 nitrogen and oxygen atoms in total. The third-order valence-corrected chi connectivity index (χ3v) is 3.11. The van der Waals surface area contributed by atoms with E-state index in [1.165, 1.54) is 7.11 Å². The van der Waals surface area contributed by atoms with Crippen LogP contribution in [0.2, 0.25) is 0 Å². The third kappa shape index (κ3) is 3.77. The van der Waals surface area contributed by atoms with Crippen molar-refractivity contribution in [2.24, 2.45) is 0 Å². The largest absolute Gasteiger partial charge is 0.469 e. The first-order valence-corrected chi connectivity index (χ1v) is 5.94. The lowest BCUT2D eigenvalue weighted by Gasteiger charge is -2.15. The summed E-state index contributed by atoms with van der Waals surface area (Å²) in [5.41, 5.74) is 0.639. The summed E-state index contributed by atoms with van der Waals surface area (Å²) in [7, 11) is 3.04. The predicted molar refractivity (Wildman–Crippen MR) is 62.9 cm³/mol. The molecule has 0 aliphatic rings. The second-order valence-electron chi connectivity index (χ2n) is 3.59. The number of hydrogen-bond donors (Lipinski definition) is 0. The summed E-state index contributed by atoms with van der Waals surface area (Å²) in [6, 6.07) is 0. The molecule has 17 heavy (non-hydrogen) atoms. The molecule has 0 fully saturated rings. The number of aromatic nitrogens is 2. The summed E-state index contributed by atoms with van der Waals surface area (Å²) in [4.78, 5) is 24.9. The van der Waals surface area contributed by atoms with Crippen LogP contribution in [0.4, 0.5) is 0 Å². The van der Waals surface area contributed by atoms with E-state index in [9.17, 15) is 9.59 Å². The van der Waals surface area contributed by atoms with Crippen molar-refractivity contribution in [3.05, 3.63) is 10.6 Å². The lowest BCUT2D eigenvalue weighted by atomic mass is 10.3. The summed E-state index contributed by atoms with van der Waals surface area (Å²) in [5, 5.41) is 3.79. The third-order valence-electron chi connectivity index (χ3n) is 2.29. The van der Waals surface area contributed by atoms with Crippen LogP contribution in [-0.2, 0) is 9.53 Å². The van der Waals surface area contributed by atoms with Crippen LogP contribution in [0.25, 0.3) is 0 Å². The molecule has 1 amide bonds. The van der Waals surface area contributed by atoms with Crippen LogP contribution in [-0.4, -0.2) is 47.1 Å². The lowest BCUT2D eigenvalue weighted by molar-refractivity contribution is -0.140. The van der Waals surface area contributed by atoms with E-state index < -0.39 is 0 Å². The van der Waals surface area contributed by atoms with E-state index in [1.807, 2.05) is 0 Å². The maximum atomic E-state index is 11.9. The van der Waals surface area contributed by atoms with E-state index in [0.717, 1.165) is 11.5 Å². The molecule has 0 N–H and O–H groups in total. The highest BCUT2D eigenvalue weighted by molar-refractivity contribution is 7.07. The summed E-state index contributed by atoms with van der Waals surface area (Å²) >= 11 is 1.09. The van der Waals surface area contributed by atoms with Gasteiger partial charge in [-0.25, -0.2) is 0 Å². The van der Waals surface area contributed by atoms with Crippen molar-refractivity contribution in [1.29, 1.82) is 0 Å². The van der Waals surface area contributed by atoms with E-state index in [4.69, 9.17) is 0 Å². The molecule has 1 heterocycles. The van der Waals surface area contributed by atoms with E-state index >= 15 is 0 Å². The Balaban J connectivity index is 2.43. The summed E-state index contributed by atoms with van der Waals surface area (Å²) in [6.07, 6.45) is 0.897. The molecule has 0 saturated heterocycles. The number of amides is 1. The molecule has 0 bridgehead atoms. The Hall–Kier alpha value is -1.50. The molecule has 0 saturated carbocycles. The van der Waals surface area contributed by atoms with Gasteiger partial charge in [0.05, 0.1) is 12.8 Å². The highest BCUT2D eigenvalue weighted by Crippen LogP contribution is 2.12. The van der Waals surface area contributed by atoms with Crippen molar-refractivity contribution in [3.8, 4) is 0 Å². The fourth-order valence-electron chi connectivity index (χ4n) is 1.27. The topological polar surface area (TPSA) is 72.4 Å². The summed E-state index contributed by atoms with van der Waals surface area (Å²) in [5.74, 6) is -0.371. The first-order valence-electron chi connectivity index (χ1n) is 5.17. The van der Waals surface area contributed by atoms with E-state index in [-0.39, 0.29) is 11.9 Å². The Morgan fingerprint density at radius 1 is 1.47 bits per heavy atom. The standard InChI is InChI=1S/C10H15N3O3S/c1-7-9(17-12-11-7)10(15)13(2)6-4-5-8(14)16-3/h4-6H2,1-3H3. The van der Waals surface area contributed by atoms with Crippen molar-refractivity contribution in [2.45, 2.75) is 19.8 Å². The van der Waals surface area contributed by atoms with Crippen LogP contribution >= 0.6 is 11.5 Å². The van der Waals surface area contributed by atoms with Crippen LogP contribution in [0.3, 0.4) is 0 Å². The van der Waals surface area contributed by atoms with Crippen molar-refractivity contribution in [2.75, 3.05) is 20.7 Å². The monoisotopic (exact) mass is 257 g/mol. The van der Waals surface area contributed by atoms with Crippen LogP contribution in [0, 0.1) is 6.92 Å².